The summed E-state index contributed by atoms with van der Waals surface area (Å²) in [5, 5.41) is 18.2. The molecule has 0 spiro atoms. The summed E-state index contributed by atoms with van der Waals surface area (Å²) in [5.74, 6) is -2.06. The molecule has 9 nitrogen and oxygen atoms in total. The minimum Gasteiger partial charge on any atom is -0.480 e. The standard InChI is InChI=1S/C24H22F2N6O3/c25-16-7-4-3-6-15(16)14-32-21(18-9-11-35-30-18)12-19(29-32)22-27-13-17(26)23(28-22)31-10-5-1-2-8-20(31)24(33)34/h3-4,6-7,9,11-13,20H,1-2,5,8,10,14H2,(H,33,34). The number of nitrogens with zero attached hydrogens (tertiary/aromatic N) is 6. The van der Waals surface area contributed by atoms with Crippen molar-refractivity contribution in [2.75, 3.05) is 11.4 Å². The summed E-state index contributed by atoms with van der Waals surface area (Å²) < 4.78 is 35.7. The smallest absolute Gasteiger partial charge is 0.326 e. The summed E-state index contributed by atoms with van der Waals surface area (Å²) in [6.07, 6.45) is 5.17. The Balaban J connectivity index is 1.56. The van der Waals surface area contributed by atoms with Crippen molar-refractivity contribution < 1.29 is 23.2 Å². The molecular weight excluding hydrogens is 458 g/mol. The molecule has 1 saturated heterocycles. The largest absolute Gasteiger partial charge is 0.480 e. The molecule has 1 unspecified atom stereocenters. The van der Waals surface area contributed by atoms with E-state index in [1.54, 1.807) is 35.0 Å². The van der Waals surface area contributed by atoms with E-state index in [0.717, 1.165) is 25.5 Å². The maximum Gasteiger partial charge on any atom is 0.326 e. The van der Waals surface area contributed by atoms with E-state index in [4.69, 9.17) is 4.52 Å². The van der Waals surface area contributed by atoms with E-state index < -0.39 is 17.8 Å². The predicted molar refractivity (Wildman–Crippen MR) is 121 cm³/mol. The summed E-state index contributed by atoms with van der Waals surface area (Å²) in [7, 11) is 0. The van der Waals surface area contributed by atoms with Gasteiger partial charge in [-0.25, -0.2) is 23.5 Å². The first-order chi connectivity index (χ1) is 17.0. The highest BCUT2D eigenvalue weighted by molar-refractivity contribution is 5.78. The van der Waals surface area contributed by atoms with Gasteiger partial charge in [-0.05, 0) is 25.0 Å². The van der Waals surface area contributed by atoms with Gasteiger partial charge >= 0.3 is 5.97 Å². The molecular formula is C24H22F2N6O3. The minimum atomic E-state index is -1.02. The second-order valence-corrected chi connectivity index (χ2v) is 8.31. The van der Waals surface area contributed by atoms with Gasteiger partial charge in [0.05, 0.1) is 18.4 Å². The van der Waals surface area contributed by atoms with Crippen molar-refractivity contribution in [3.05, 3.63) is 66.1 Å². The molecule has 11 heteroatoms. The molecule has 1 N–H and O–H groups in total. The zero-order valence-electron chi connectivity index (χ0n) is 18.6. The summed E-state index contributed by atoms with van der Waals surface area (Å²) in [6.45, 7) is 0.479. The highest BCUT2D eigenvalue weighted by Crippen LogP contribution is 2.29. The number of carboxylic acids is 1. The number of anilines is 1. The van der Waals surface area contributed by atoms with Crippen molar-refractivity contribution in [1.29, 1.82) is 0 Å². The summed E-state index contributed by atoms with van der Waals surface area (Å²) in [4.78, 5) is 21.8. The molecule has 1 atom stereocenters. The van der Waals surface area contributed by atoms with Gasteiger partial charge in [0, 0.05) is 18.2 Å². The van der Waals surface area contributed by atoms with Gasteiger partial charge < -0.3 is 14.5 Å². The lowest BCUT2D eigenvalue weighted by Gasteiger charge is -2.28. The van der Waals surface area contributed by atoms with E-state index in [-0.39, 0.29) is 24.0 Å². The first kappa shape index (κ1) is 22.6. The zero-order valence-corrected chi connectivity index (χ0v) is 18.6. The lowest BCUT2D eigenvalue weighted by molar-refractivity contribution is -0.138. The lowest BCUT2D eigenvalue weighted by atomic mass is 10.1. The number of hydrogen-bond acceptors (Lipinski definition) is 7. The Morgan fingerprint density at radius 2 is 1.97 bits per heavy atom. The van der Waals surface area contributed by atoms with Gasteiger partial charge in [-0.1, -0.05) is 36.2 Å². The summed E-state index contributed by atoms with van der Waals surface area (Å²) in [6, 6.07) is 8.78. The molecule has 4 aromatic rings. The number of rotatable bonds is 6. The first-order valence-electron chi connectivity index (χ1n) is 11.3. The van der Waals surface area contributed by atoms with Crippen LogP contribution in [0.3, 0.4) is 0 Å². The maximum absolute atomic E-state index is 14.8. The van der Waals surface area contributed by atoms with Crippen LogP contribution in [0.25, 0.3) is 22.9 Å². The van der Waals surface area contributed by atoms with Gasteiger partial charge in [-0.3, -0.25) is 4.68 Å². The Morgan fingerprint density at radius 3 is 2.74 bits per heavy atom. The Kier molecular flexibility index (Phi) is 6.21. The van der Waals surface area contributed by atoms with Gasteiger partial charge in [0.15, 0.2) is 17.5 Å². The fourth-order valence-corrected chi connectivity index (χ4v) is 4.29. The van der Waals surface area contributed by atoms with Crippen molar-refractivity contribution in [3.63, 3.8) is 0 Å². The highest BCUT2D eigenvalue weighted by Gasteiger charge is 2.31. The third-order valence-corrected chi connectivity index (χ3v) is 6.02. The molecule has 1 aliphatic heterocycles. The molecule has 4 heterocycles. The monoisotopic (exact) mass is 480 g/mol. The van der Waals surface area contributed by atoms with Crippen molar-refractivity contribution >= 4 is 11.8 Å². The van der Waals surface area contributed by atoms with Gasteiger partial charge in [0.1, 0.15) is 29.5 Å². The van der Waals surface area contributed by atoms with Crippen LogP contribution >= 0.6 is 0 Å². The van der Waals surface area contributed by atoms with Gasteiger partial charge in [0.2, 0.25) is 0 Å². The number of aromatic nitrogens is 5. The fourth-order valence-electron chi connectivity index (χ4n) is 4.29. The van der Waals surface area contributed by atoms with Crippen LogP contribution in [0.1, 0.15) is 31.2 Å². The molecule has 35 heavy (non-hydrogen) atoms. The molecule has 1 aliphatic rings. The molecule has 0 saturated carbocycles. The van der Waals surface area contributed by atoms with Crippen LogP contribution in [0.4, 0.5) is 14.6 Å². The van der Waals surface area contributed by atoms with Crippen LogP contribution < -0.4 is 4.90 Å². The van der Waals surface area contributed by atoms with E-state index in [2.05, 4.69) is 20.2 Å². The average Bonchev–Trinajstić information content (AvgIpc) is 3.45. The van der Waals surface area contributed by atoms with Crippen LogP contribution in [0.2, 0.25) is 0 Å². The van der Waals surface area contributed by atoms with Crippen LogP contribution in [0.5, 0.6) is 0 Å². The van der Waals surface area contributed by atoms with Crippen LogP contribution in [-0.4, -0.2) is 48.6 Å². The van der Waals surface area contributed by atoms with E-state index in [0.29, 0.717) is 35.6 Å². The van der Waals surface area contributed by atoms with Gasteiger partial charge in [-0.2, -0.15) is 5.10 Å². The molecule has 0 aliphatic carbocycles. The van der Waals surface area contributed by atoms with E-state index >= 15 is 0 Å². The Morgan fingerprint density at radius 1 is 1.11 bits per heavy atom. The quantitative estimate of drug-likeness (QED) is 0.438. The zero-order chi connectivity index (χ0) is 24.4. The highest BCUT2D eigenvalue weighted by atomic mass is 19.1. The van der Waals surface area contributed by atoms with E-state index in [1.165, 1.54) is 17.2 Å². The number of carboxylic acid groups (broad SMARTS) is 1. The molecule has 3 aromatic heterocycles. The molecule has 0 radical (unpaired) electrons. The van der Waals surface area contributed by atoms with Crippen molar-refractivity contribution in [2.24, 2.45) is 0 Å². The number of aliphatic carboxylic acids is 1. The maximum atomic E-state index is 14.8. The molecule has 0 bridgehead atoms. The third-order valence-electron chi connectivity index (χ3n) is 6.02. The minimum absolute atomic E-state index is 0.0732. The predicted octanol–water partition coefficient (Wildman–Crippen LogP) is 4.16. The molecule has 5 rings (SSSR count). The first-order valence-corrected chi connectivity index (χ1v) is 11.3. The van der Waals surface area contributed by atoms with E-state index in [9.17, 15) is 18.7 Å². The number of halogens is 2. The van der Waals surface area contributed by atoms with Gasteiger partial charge in [-0.15, -0.1) is 0 Å². The van der Waals surface area contributed by atoms with Crippen LogP contribution in [-0.2, 0) is 11.3 Å². The van der Waals surface area contributed by atoms with Crippen molar-refractivity contribution in [1.82, 2.24) is 24.9 Å². The molecule has 1 aromatic carbocycles. The second-order valence-electron chi connectivity index (χ2n) is 8.31. The third kappa shape index (κ3) is 4.61. The average molecular weight is 480 g/mol. The topological polar surface area (TPSA) is 110 Å². The number of hydrogen-bond donors (Lipinski definition) is 1. The normalized spacial score (nSPS) is 16.3. The van der Waals surface area contributed by atoms with E-state index in [1.807, 2.05) is 0 Å². The Hall–Kier alpha value is -4.15. The molecule has 0 amide bonds. The number of benzene rings is 1. The summed E-state index contributed by atoms with van der Waals surface area (Å²) >= 11 is 0. The van der Waals surface area contributed by atoms with Crippen molar-refractivity contribution in [2.45, 2.75) is 38.3 Å². The molecule has 1 fully saturated rings. The van der Waals surface area contributed by atoms with Crippen LogP contribution in [0, 0.1) is 11.6 Å². The van der Waals surface area contributed by atoms with Crippen LogP contribution in [0.15, 0.2) is 53.4 Å². The lowest BCUT2D eigenvalue weighted by Crippen LogP contribution is -2.42. The summed E-state index contributed by atoms with van der Waals surface area (Å²) in [5.41, 5.74) is 1.73. The molecule has 180 valence electrons. The van der Waals surface area contributed by atoms with Crippen molar-refractivity contribution in [3.8, 4) is 22.9 Å². The fraction of sp³-hybridized carbons (Fsp3) is 0.292. The Bertz CT molecular complexity index is 1340. The van der Waals surface area contributed by atoms with Gasteiger partial charge in [0.25, 0.3) is 0 Å². The Labute approximate surface area is 199 Å². The number of carbonyl (C=O) groups is 1. The SMILES string of the molecule is O=C(O)C1CCCCCN1c1nc(-c2cc(-c3ccon3)n(Cc3ccccc3F)n2)ncc1F. The second kappa shape index (κ2) is 9.61.